The number of ether oxygens (including phenoxy) is 1. The Kier molecular flexibility index (Phi) is 3.88. The summed E-state index contributed by atoms with van der Waals surface area (Å²) < 4.78 is 5.24. The summed E-state index contributed by atoms with van der Waals surface area (Å²) in [5, 5.41) is 0. The first-order valence-electron chi connectivity index (χ1n) is 4.49. The molecule has 15 heavy (non-hydrogen) atoms. The minimum absolute atomic E-state index is 0.143. The molecule has 0 aliphatic carbocycles. The molecule has 0 aromatic heterocycles. The highest BCUT2D eigenvalue weighted by Gasteiger charge is 2.01. The number of carbonyl (C=O) groups excluding carboxylic acids is 1. The van der Waals surface area contributed by atoms with Gasteiger partial charge in [-0.2, -0.15) is 0 Å². The summed E-state index contributed by atoms with van der Waals surface area (Å²) in [7, 11) is 0. The monoisotopic (exact) mass is 206 g/mol. The zero-order chi connectivity index (χ0) is 11.3. The third-order valence-corrected chi connectivity index (χ3v) is 1.84. The quantitative estimate of drug-likeness (QED) is 0.553. The molecule has 0 radical (unpaired) electrons. The third kappa shape index (κ3) is 3.83. The van der Waals surface area contributed by atoms with Crippen molar-refractivity contribution in [3.8, 4) is 0 Å². The molecule has 4 N–H and O–H groups in total. The molecule has 0 heterocycles. The van der Waals surface area contributed by atoms with Crippen LogP contribution in [0, 0.1) is 0 Å². The van der Waals surface area contributed by atoms with Crippen molar-refractivity contribution in [2.45, 2.75) is 6.61 Å². The Balaban J connectivity index is 2.38. The van der Waals surface area contributed by atoms with Gasteiger partial charge in [0.25, 0.3) is 0 Å². The second-order valence-electron chi connectivity index (χ2n) is 3.21. The van der Waals surface area contributed by atoms with Crippen LogP contribution < -0.4 is 11.5 Å². The van der Waals surface area contributed by atoms with E-state index in [1.165, 1.54) is 0 Å². The minimum atomic E-state index is -0.539. The predicted molar refractivity (Wildman–Crippen MR) is 58.8 cm³/mol. The maximum absolute atomic E-state index is 10.6. The standard InChI is InChI=1S/C11H14N2O2/c1-8(11(13)14)6-15-7-9-3-2-4-10(12)5-9/h2-5H,1,6-7,12H2,(H2,13,14). The van der Waals surface area contributed by atoms with Crippen LogP contribution in [0.3, 0.4) is 0 Å². The van der Waals surface area contributed by atoms with Crippen LogP contribution in [-0.4, -0.2) is 12.5 Å². The minimum Gasteiger partial charge on any atom is -0.399 e. The zero-order valence-corrected chi connectivity index (χ0v) is 8.40. The summed E-state index contributed by atoms with van der Waals surface area (Å²) in [6.07, 6.45) is 0. The van der Waals surface area contributed by atoms with E-state index in [0.29, 0.717) is 12.3 Å². The molecule has 4 heteroatoms. The van der Waals surface area contributed by atoms with Gasteiger partial charge in [-0.05, 0) is 17.7 Å². The van der Waals surface area contributed by atoms with Crippen molar-refractivity contribution in [1.29, 1.82) is 0 Å². The first-order valence-corrected chi connectivity index (χ1v) is 4.49. The summed E-state index contributed by atoms with van der Waals surface area (Å²) in [5.41, 5.74) is 12.5. The molecule has 80 valence electrons. The van der Waals surface area contributed by atoms with Crippen molar-refractivity contribution >= 4 is 11.6 Å². The van der Waals surface area contributed by atoms with Gasteiger partial charge in [0, 0.05) is 11.3 Å². The number of hydrogen-bond acceptors (Lipinski definition) is 3. The third-order valence-electron chi connectivity index (χ3n) is 1.84. The molecule has 0 saturated carbocycles. The first kappa shape index (κ1) is 11.3. The van der Waals surface area contributed by atoms with Crippen molar-refractivity contribution < 1.29 is 9.53 Å². The van der Waals surface area contributed by atoms with E-state index in [2.05, 4.69) is 6.58 Å². The highest BCUT2D eigenvalue weighted by atomic mass is 16.5. The van der Waals surface area contributed by atoms with Crippen LogP contribution in [0.4, 0.5) is 5.69 Å². The zero-order valence-electron chi connectivity index (χ0n) is 8.40. The fourth-order valence-electron chi connectivity index (χ4n) is 1.05. The maximum Gasteiger partial charge on any atom is 0.246 e. The highest BCUT2D eigenvalue weighted by Crippen LogP contribution is 2.07. The van der Waals surface area contributed by atoms with Gasteiger partial charge in [-0.25, -0.2) is 0 Å². The maximum atomic E-state index is 10.6. The molecule has 0 bridgehead atoms. The summed E-state index contributed by atoms with van der Waals surface area (Å²) in [5.74, 6) is -0.539. The summed E-state index contributed by atoms with van der Waals surface area (Å²) in [6.45, 7) is 4.01. The average molecular weight is 206 g/mol. The van der Waals surface area contributed by atoms with Gasteiger partial charge in [0.1, 0.15) is 0 Å². The van der Waals surface area contributed by atoms with Gasteiger partial charge in [-0.3, -0.25) is 4.79 Å². The lowest BCUT2D eigenvalue weighted by Crippen LogP contribution is -2.16. The summed E-state index contributed by atoms with van der Waals surface area (Å²) in [6, 6.07) is 7.35. The van der Waals surface area contributed by atoms with Crippen LogP contribution in [0.2, 0.25) is 0 Å². The number of anilines is 1. The van der Waals surface area contributed by atoms with Crippen LogP contribution in [0.15, 0.2) is 36.4 Å². The second kappa shape index (κ2) is 5.17. The number of nitrogen functional groups attached to an aromatic ring is 1. The van der Waals surface area contributed by atoms with Crippen LogP contribution in [0.1, 0.15) is 5.56 Å². The van der Waals surface area contributed by atoms with E-state index in [1.54, 1.807) is 6.07 Å². The van der Waals surface area contributed by atoms with Crippen LogP contribution in [0.5, 0.6) is 0 Å². The molecule has 1 rings (SSSR count). The first-order chi connectivity index (χ1) is 7.09. The van der Waals surface area contributed by atoms with Crippen molar-refractivity contribution in [2.24, 2.45) is 5.73 Å². The molecular weight excluding hydrogens is 192 g/mol. The SMILES string of the molecule is C=C(COCc1cccc(N)c1)C(N)=O. The van der Waals surface area contributed by atoms with E-state index >= 15 is 0 Å². The van der Waals surface area contributed by atoms with Crippen molar-refractivity contribution in [2.75, 3.05) is 12.3 Å². The van der Waals surface area contributed by atoms with E-state index in [4.69, 9.17) is 16.2 Å². The van der Waals surface area contributed by atoms with E-state index in [-0.39, 0.29) is 12.2 Å². The summed E-state index contributed by atoms with van der Waals surface area (Å²) >= 11 is 0. The summed E-state index contributed by atoms with van der Waals surface area (Å²) in [4.78, 5) is 10.6. The fraction of sp³-hybridized carbons (Fsp3) is 0.182. The lowest BCUT2D eigenvalue weighted by atomic mass is 10.2. The molecule has 0 fully saturated rings. The van der Waals surface area contributed by atoms with E-state index in [1.807, 2.05) is 18.2 Å². The van der Waals surface area contributed by atoms with E-state index in [9.17, 15) is 4.79 Å². The number of benzene rings is 1. The molecule has 0 atom stereocenters. The fourth-order valence-corrected chi connectivity index (χ4v) is 1.05. The van der Waals surface area contributed by atoms with E-state index in [0.717, 1.165) is 5.56 Å². The van der Waals surface area contributed by atoms with Crippen molar-refractivity contribution in [1.82, 2.24) is 0 Å². The van der Waals surface area contributed by atoms with Gasteiger partial charge in [0.2, 0.25) is 5.91 Å². The number of amides is 1. The molecule has 0 aliphatic rings. The Labute approximate surface area is 88.5 Å². The lowest BCUT2D eigenvalue weighted by molar-refractivity contribution is -0.115. The number of carbonyl (C=O) groups is 1. The number of nitrogens with two attached hydrogens (primary N) is 2. The van der Waals surface area contributed by atoms with Gasteiger partial charge >= 0.3 is 0 Å². The van der Waals surface area contributed by atoms with Gasteiger partial charge in [-0.15, -0.1) is 0 Å². The Morgan fingerprint density at radius 1 is 1.47 bits per heavy atom. The topological polar surface area (TPSA) is 78.3 Å². The number of hydrogen-bond donors (Lipinski definition) is 2. The normalized spacial score (nSPS) is 9.87. The molecule has 1 amide bonds. The van der Waals surface area contributed by atoms with Crippen LogP contribution in [-0.2, 0) is 16.1 Å². The molecule has 4 nitrogen and oxygen atoms in total. The lowest BCUT2D eigenvalue weighted by Gasteiger charge is -2.05. The van der Waals surface area contributed by atoms with Crippen LogP contribution >= 0.6 is 0 Å². The largest absolute Gasteiger partial charge is 0.399 e. The van der Waals surface area contributed by atoms with Gasteiger partial charge < -0.3 is 16.2 Å². The van der Waals surface area contributed by atoms with Gasteiger partial charge in [0.15, 0.2) is 0 Å². The Morgan fingerprint density at radius 2 is 2.20 bits per heavy atom. The molecular formula is C11H14N2O2. The van der Waals surface area contributed by atoms with Crippen molar-refractivity contribution in [3.05, 3.63) is 42.0 Å². The number of rotatable bonds is 5. The molecule has 1 aromatic rings. The molecule has 0 saturated heterocycles. The van der Waals surface area contributed by atoms with Crippen molar-refractivity contribution in [3.63, 3.8) is 0 Å². The van der Waals surface area contributed by atoms with E-state index < -0.39 is 5.91 Å². The van der Waals surface area contributed by atoms with Gasteiger partial charge in [0.05, 0.1) is 13.2 Å². The Hall–Kier alpha value is -1.81. The highest BCUT2D eigenvalue weighted by molar-refractivity contribution is 5.91. The average Bonchev–Trinajstić information content (AvgIpc) is 2.17. The Bertz CT molecular complexity index is 375. The van der Waals surface area contributed by atoms with Gasteiger partial charge in [-0.1, -0.05) is 18.7 Å². The molecule has 0 aliphatic heterocycles. The second-order valence-corrected chi connectivity index (χ2v) is 3.21. The Morgan fingerprint density at radius 3 is 2.80 bits per heavy atom. The molecule has 0 spiro atoms. The number of primary amides is 1. The van der Waals surface area contributed by atoms with Crippen LogP contribution in [0.25, 0.3) is 0 Å². The molecule has 1 aromatic carbocycles. The molecule has 0 unspecified atom stereocenters. The smallest absolute Gasteiger partial charge is 0.246 e. The predicted octanol–water partition coefficient (Wildman–Crippen LogP) is 0.827.